The predicted octanol–water partition coefficient (Wildman–Crippen LogP) is 3.73. The van der Waals surface area contributed by atoms with Crippen LogP contribution in [0.3, 0.4) is 0 Å². The fourth-order valence-electron chi connectivity index (χ4n) is 1.97. The van der Waals surface area contributed by atoms with Gasteiger partial charge in [-0.2, -0.15) is 0 Å². The minimum atomic E-state index is 0. The molecule has 0 saturated heterocycles. The van der Waals surface area contributed by atoms with Crippen molar-refractivity contribution in [3.8, 4) is 11.3 Å². The van der Waals surface area contributed by atoms with Crippen LogP contribution in [0.1, 0.15) is 32.2 Å². The summed E-state index contributed by atoms with van der Waals surface area (Å²) >= 11 is 0. The van der Waals surface area contributed by atoms with E-state index in [1.165, 1.54) is 5.56 Å². The van der Waals surface area contributed by atoms with Gasteiger partial charge in [0.25, 0.3) is 0 Å². The van der Waals surface area contributed by atoms with E-state index in [2.05, 4.69) is 53.5 Å². The third kappa shape index (κ3) is 6.21. The molecular weight excluding hydrogens is 403 g/mol. The van der Waals surface area contributed by atoms with E-state index in [1.54, 1.807) is 6.20 Å². The topological polar surface area (TPSA) is 62.5 Å². The maximum Gasteiger partial charge on any atom is 0.216 e. The zero-order valence-electron chi connectivity index (χ0n) is 14.1. The van der Waals surface area contributed by atoms with Gasteiger partial charge in [0.05, 0.1) is 6.20 Å². The molecule has 0 unspecified atom stereocenters. The second-order valence-corrected chi connectivity index (χ2v) is 5.48. The Balaban J connectivity index is 0.00000264. The van der Waals surface area contributed by atoms with E-state index in [1.807, 2.05) is 19.1 Å². The number of aliphatic imine (C=N–C) groups is 1. The van der Waals surface area contributed by atoms with Crippen LogP contribution >= 0.6 is 24.0 Å². The molecule has 1 aromatic carbocycles. The Bertz CT molecular complexity index is 620. The van der Waals surface area contributed by atoms with Crippen molar-refractivity contribution in [2.75, 3.05) is 6.54 Å². The van der Waals surface area contributed by atoms with E-state index >= 15 is 0 Å². The molecule has 1 aromatic heterocycles. The van der Waals surface area contributed by atoms with E-state index in [0.717, 1.165) is 23.8 Å². The number of hydrogen-bond acceptors (Lipinski definition) is 3. The molecule has 2 aromatic rings. The highest BCUT2D eigenvalue weighted by Gasteiger charge is 2.06. The monoisotopic (exact) mass is 428 g/mol. The number of nitrogens with one attached hydrogen (secondary N) is 2. The first kappa shape index (κ1) is 19.5. The van der Waals surface area contributed by atoms with Gasteiger partial charge < -0.3 is 15.1 Å². The number of rotatable bonds is 5. The van der Waals surface area contributed by atoms with Crippen molar-refractivity contribution in [2.24, 2.45) is 4.99 Å². The van der Waals surface area contributed by atoms with Gasteiger partial charge in [-0.3, -0.25) is 0 Å². The van der Waals surface area contributed by atoms with Crippen LogP contribution in [0.25, 0.3) is 11.3 Å². The summed E-state index contributed by atoms with van der Waals surface area (Å²) in [7, 11) is 0. The van der Waals surface area contributed by atoms with Crippen LogP contribution in [0.2, 0.25) is 0 Å². The molecule has 0 saturated carbocycles. The number of hydrogen-bond donors (Lipinski definition) is 2. The summed E-state index contributed by atoms with van der Waals surface area (Å²) in [6.45, 7) is 9.49. The first-order chi connectivity index (χ1) is 10.6. The zero-order chi connectivity index (χ0) is 15.9. The second-order valence-electron chi connectivity index (χ2n) is 5.48. The molecule has 2 rings (SSSR count). The molecule has 2 N–H and O–H groups in total. The third-order valence-electron chi connectivity index (χ3n) is 3.03. The molecule has 0 radical (unpaired) electrons. The quantitative estimate of drug-likeness (QED) is 0.433. The lowest BCUT2D eigenvalue weighted by molar-refractivity contribution is 0.508. The third-order valence-corrected chi connectivity index (χ3v) is 3.03. The van der Waals surface area contributed by atoms with Gasteiger partial charge in [0.15, 0.2) is 11.7 Å². The van der Waals surface area contributed by atoms with Crippen LogP contribution in [0.5, 0.6) is 0 Å². The largest absolute Gasteiger partial charge is 0.439 e. The Kier molecular flexibility index (Phi) is 8.08. The maximum absolute atomic E-state index is 5.77. The molecule has 0 bridgehead atoms. The van der Waals surface area contributed by atoms with Crippen LogP contribution in [0.15, 0.2) is 39.9 Å². The van der Waals surface area contributed by atoms with Crippen molar-refractivity contribution in [3.63, 3.8) is 0 Å². The first-order valence-corrected chi connectivity index (χ1v) is 7.65. The lowest BCUT2D eigenvalue weighted by atomic mass is 10.1. The number of benzene rings is 1. The molecule has 6 heteroatoms. The fourth-order valence-corrected chi connectivity index (χ4v) is 1.97. The number of nitrogens with zero attached hydrogens (tertiary/aromatic N) is 2. The Morgan fingerprint density at radius 1 is 1.26 bits per heavy atom. The van der Waals surface area contributed by atoms with Gasteiger partial charge in [-0.05, 0) is 27.7 Å². The molecule has 1 heterocycles. The van der Waals surface area contributed by atoms with Gasteiger partial charge in [-0.25, -0.2) is 9.98 Å². The highest BCUT2D eigenvalue weighted by atomic mass is 127. The minimum absolute atomic E-state index is 0. The highest BCUT2D eigenvalue weighted by Crippen LogP contribution is 2.20. The summed E-state index contributed by atoms with van der Waals surface area (Å²) in [6, 6.07) is 8.52. The van der Waals surface area contributed by atoms with Gasteiger partial charge in [0, 0.05) is 18.2 Å². The van der Waals surface area contributed by atoms with Gasteiger partial charge in [-0.15, -0.1) is 24.0 Å². The highest BCUT2D eigenvalue weighted by molar-refractivity contribution is 14.0. The average molecular weight is 428 g/mol. The van der Waals surface area contributed by atoms with E-state index in [-0.39, 0.29) is 24.0 Å². The second kappa shape index (κ2) is 9.54. The zero-order valence-corrected chi connectivity index (χ0v) is 16.4. The van der Waals surface area contributed by atoms with E-state index in [0.29, 0.717) is 18.5 Å². The molecule has 0 aliphatic heterocycles. The summed E-state index contributed by atoms with van der Waals surface area (Å²) < 4.78 is 5.77. The SMILES string of the molecule is CCNC(=NCc1ncc(-c2ccc(C)cc2)o1)NC(C)C.I. The number of halogens is 1. The Morgan fingerprint density at radius 2 is 1.96 bits per heavy atom. The van der Waals surface area contributed by atoms with E-state index in [4.69, 9.17) is 4.42 Å². The lowest BCUT2D eigenvalue weighted by Gasteiger charge is -2.13. The molecule has 0 aliphatic carbocycles. The average Bonchev–Trinajstić information content (AvgIpc) is 2.94. The fraction of sp³-hybridized carbons (Fsp3) is 0.412. The van der Waals surface area contributed by atoms with Gasteiger partial charge in [-0.1, -0.05) is 29.8 Å². The number of guanidine groups is 1. The number of aromatic nitrogens is 1. The van der Waals surface area contributed by atoms with Crippen molar-refractivity contribution in [1.82, 2.24) is 15.6 Å². The molecule has 23 heavy (non-hydrogen) atoms. The number of aryl methyl sites for hydroxylation is 1. The lowest BCUT2D eigenvalue weighted by Crippen LogP contribution is -2.41. The Labute approximate surface area is 155 Å². The van der Waals surface area contributed by atoms with Crippen molar-refractivity contribution in [2.45, 2.75) is 40.3 Å². The maximum atomic E-state index is 5.77. The van der Waals surface area contributed by atoms with E-state index < -0.39 is 0 Å². The van der Waals surface area contributed by atoms with Gasteiger partial charge in [0.1, 0.15) is 6.54 Å². The molecule has 0 fully saturated rings. The minimum Gasteiger partial charge on any atom is -0.439 e. The van der Waals surface area contributed by atoms with Crippen LogP contribution in [-0.4, -0.2) is 23.5 Å². The molecular formula is C17H25IN4O. The molecule has 0 amide bonds. The Morgan fingerprint density at radius 3 is 2.57 bits per heavy atom. The van der Waals surface area contributed by atoms with Crippen molar-refractivity contribution in [3.05, 3.63) is 41.9 Å². The van der Waals surface area contributed by atoms with Gasteiger partial charge >= 0.3 is 0 Å². The standard InChI is InChI=1S/C17H24N4O.HI/c1-5-18-17(21-12(2)3)20-11-16-19-10-15(22-16)14-8-6-13(4)7-9-14;/h6-10,12H,5,11H2,1-4H3,(H2,18,20,21);1H. The first-order valence-electron chi connectivity index (χ1n) is 7.65. The Hall–Kier alpha value is -1.57. The normalized spacial score (nSPS) is 11.3. The van der Waals surface area contributed by atoms with Crippen molar-refractivity contribution >= 4 is 29.9 Å². The summed E-state index contributed by atoms with van der Waals surface area (Å²) in [5.41, 5.74) is 2.25. The molecule has 0 atom stereocenters. The van der Waals surface area contributed by atoms with Crippen molar-refractivity contribution < 1.29 is 4.42 Å². The predicted molar refractivity (Wildman–Crippen MR) is 105 cm³/mol. The van der Waals surface area contributed by atoms with Crippen LogP contribution < -0.4 is 10.6 Å². The van der Waals surface area contributed by atoms with E-state index in [9.17, 15) is 0 Å². The molecule has 0 spiro atoms. The summed E-state index contributed by atoms with van der Waals surface area (Å²) in [5.74, 6) is 2.15. The van der Waals surface area contributed by atoms with Crippen LogP contribution in [-0.2, 0) is 6.54 Å². The van der Waals surface area contributed by atoms with Crippen molar-refractivity contribution in [1.29, 1.82) is 0 Å². The summed E-state index contributed by atoms with van der Waals surface area (Å²) in [4.78, 5) is 8.78. The smallest absolute Gasteiger partial charge is 0.216 e. The molecule has 126 valence electrons. The van der Waals surface area contributed by atoms with Gasteiger partial charge in [0.2, 0.25) is 5.89 Å². The molecule has 0 aliphatic rings. The summed E-state index contributed by atoms with van der Waals surface area (Å²) in [6.07, 6.45) is 1.75. The van der Waals surface area contributed by atoms with Crippen LogP contribution in [0.4, 0.5) is 0 Å². The molecule has 5 nitrogen and oxygen atoms in total. The van der Waals surface area contributed by atoms with Crippen LogP contribution in [0, 0.1) is 6.92 Å². The number of oxazole rings is 1. The summed E-state index contributed by atoms with van der Waals surface area (Å²) in [5, 5.41) is 6.46.